The van der Waals surface area contributed by atoms with Crippen molar-refractivity contribution in [1.29, 1.82) is 0 Å². The van der Waals surface area contributed by atoms with Crippen molar-refractivity contribution in [3.63, 3.8) is 0 Å². The Morgan fingerprint density at radius 3 is 1.12 bits per heavy atom. The molecule has 6 rings (SSSR count). The van der Waals surface area contributed by atoms with Crippen molar-refractivity contribution in [3.8, 4) is 5.75 Å². The largest absolute Gasteiger partial charge is 0.144 e. The first-order valence-electron chi connectivity index (χ1n) is 12.5. The van der Waals surface area contributed by atoms with Crippen LogP contribution in [0.2, 0.25) is 0 Å². The zero-order valence-corrected chi connectivity index (χ0v) is 26.3. The molecule has 0 radical (unpaired) electrons. The first-order chi connectivity index (χ1) is 20.8. The molecule has 5 aromatic carbocycles. The fraction of sp³-hybridized carbons (Fsp3) is 0. The van der Waals surface area contributed by atoms with Gasteiger partial charge >= 0.3 is 23.2 Å². The Morgan fingerprint density at radius 1 is 0.452 bits per heavy atom. The van der Waals surface area contributed by atoms with E-state index in [1.807, 2.05) is 18.2 Å². The van der Waals surface area contributed by atoms with Crippen LogP contribution >= 0.6 is 7.26 Å². The normalized spacial score (nSPS) is 9.71. The van der Waals surface area contributed by atoms with E-state index in [1.54, 1.807) is 18.3 Å². The summed E-state index contributed by atoms with van der Waals surface area (Å²) < 4.78 is 8.33. The van der Waals surface area contributed by atoms with E-state index in [2.05, 4.69) is 126 Å². The van der Waals surface area contributed by atoms with E-state index in [-0.39, 0.29) is 5.75 Å². The van der Waals surface area contributed by atoms with E-state index >= 15 is 0 Å². The van der Waals surface area contributed by atoms with Gasteiger partial charge in [0.25, 0.3) is 0 Å². The number of hydrogen-bond donors (Lipinski definition) is 5. The predicted octanol–water partition coefficient (Wildman–Crippen LogP) is 6.16. The Labute approximate surface area is 256 Å². The van der Waals surface area contributed by atoms with Crippen LogP contribution in [0.25, 0.3) is 10.9 Å². The average molecular weight is 752 g/mol. The van der Waals surface area contributed by atoms with Crippen LogP contribution in [0.5, 0.6) is 5.75 Å². The Bertz CT molecular complexity index is 1390. The third-order valence-electron chi connectivity index (χ3n) is 6.19. The molecule has 7 nitrogen and oxygen atoms in total. The minimum Gasteiger partial charge on any atom is -0.0620 e. The number of nitrogens with zero attached hydrogens (tertiary/aromatic N) is 1. The van der Waals surface area contributed by atoms with E-state index < -0.39 is 7.26 Å². The second kappa shape index (κ2) is 19.2. The number of benzene rings is 5. The van der Waals surface area contributed by atoms with Gasteiger partial charge in [0.2, 0.25) is 0 Å². The van der Waals surface area contributed by atoms with Crippen molar-refractivity contribution in [2.24, 2.45) is 0 Å². The quantitative estimate of drug-likeness (QED) is 0.0829. The van der Waals surface area contributed by atoms with E-state index in [0.717, 1.165) is 5.39 Å². The predicted molar refractivity (Wildman–Crippen MR) is 166 cm³/mol. The molecule has 0 amide bonds. The van der Waals surface area contributed by atoms with E-state index in [4.69, 9.17) is 24.4 Å². The molecule has 0 fully saturated rings. The summed E-state index contributed by atoms with van der Waals surface area (Å²) in [5.74, 6) is 0.239. The second-order valence-corrected chi connectivity index (χ2v) is 11.8. The van der Waals surface area contributed by atoms with Crippen LogP contribution in [0.15, 0.2) is 158 Å². The Morgan fingerprint density at radius 2 is 0.786 bits per heavy atom. The van der Waals surface area contributed by atoms with Crippen LogP contribution < -0.4 is 21.2 Å². The summed E-state index contributed by atoms with van der Waals surface area (Å²) in [5.41, 5.74) is 0.662. The first kappa shape index (κ1) is 34.3. The molecular formula is C33H31NO6PW. The third kappa shape index (κ3) is 8.31. The van der Waals surface area contributed by atoms with Gasteiger partial charge in [-0.25, -0.2) is 0 Å². The van der Waals surface area contributed by atoms with Crippen LogP contribution in [0.1, 0.15) is 0 Å². The first-order valence-corrected chi connectivity index (χ1v) is 15.5. The van der Waals surface area contributed by atoms with Gasteiger partial charge in [-0.1, -0.05) is 91.0 Å². The molecule has 0 bridgehead atoms. The monoisotopic (exact) mass is 752 g/mol. The Kier molecular flexibility index (Phi) is 15.7. The Hall–Kier alpha value is -3.93. The number of rotatable bonds is 4. The molecule has 1 aromatic heterocycles. The second-order valence-electron chi connectivity index (χ2n) is 8.37. The maximum Gasteiger partial charge on any atom is 0.144 e. The standard InChI is InChI=1S/C24H20P.C9H7NO.2H2O2.O.W/c1-5-13-21(14-6-1)25(22-15-7-2-8-16-22,23-17-9-3-10-18-23)24-19-11-4-12-20-24;11-8-5-1-3-7-4-2-6-10-9(7)8;2*1-2;;/h1-20H;1-6,11H;2*1-2H;;/q+1;;;;;-1. The molecule has 0 aliphatic heterocycles. The van der Waals surface area contributed by atoms with Crippen LogP contribution in [-0.2, 0) is 23.2 Å². The third-order valence-corrected chi connectivity index (χ3v) is 10.5. The van der Waals surface area contributed by atoms with E-state index in [9.17, 15) is 5.11 Å². The number of fused-ring (bicyclic) bond motifs is 1. The number of aromatic hydroxyl groups is 1. The van der Waals surface area contributed by atoms with Crippen molar-refractivity contribution in [1.82, 2.24) is 4.98 Å². The molecule has 6 aromatic rings. The van der Waals surface area contributed by atoms with Crippen molar-refractivity contribution in [2.75, 3.05) is 0 Å². The summed E-state index contributed by atoms with van der Waals surface area (Å²) in [6.45, 7) is 0. The maximum absolute atomic E-state index is 9.31. The molecule has 9 heteroatoms. The smallest absolute Gasteiger partial charge is 0.0620 e. The van der Waals surface area contributed by atoms with Crippen LogP contribution in [0.4, 0.5) is 0 Å². The van der Waals surface area contributed by atoms with E-state index in [0.29, 0.717) is 25.3 Å². The maximum atomic E-state index is 9.31. The molecule has 42 heavy (non-hydrogen) atoms. The number of phenolic OH excluding ortho intramolecular Hbond substituents is 1. The average Bonchev–Trinajstić information content (AvgIpc) is 3.10. The van der Waals surface area contributed by atoms with Gasteiger partial charge in [0.15, 0.2) is 0 Å². The zero-order chi connectivity index (χ0) is 30.6. The van der Waals surface area contributed by atoms with Gasteiger partial charge in [-0.3, -0.25) is 26.0 Å². The van der Waals surface area contributed by atoms with Crippen molar-refractivity contribution < 1.29 is 49.3 Å². The van der Waals surface area contributed by atoms with Crippen LogP contribution in [0.3, 0.4) is 0 Å². The molecule has 0 aliphatic carbocycles. The molecule has 0 atom stereocenters. The van der Waals surface area contributed by atoms with Gasteiger partial charge in [-0.05, 0) is 60.7 Å². The fourth-order valence-corrected chi connectivity index (χ4v) is 8.86. The molecule has 0 saturated heterocycles. The summed E-state index contributed by atoms with van der Waals surface area (Å²) in [6, 6.07) is 53.0. The van der Waals surface area contributed by atoms with Gasteiger partial charge in [0, 0.05) is 11.6 Å². The molecule has 0 spiro atoms. The van der Waals surface area contributed by atoms with Gasteiger partial charge < -0.3 is 5.11 Å². The summed E-state index contributed by atoms with van der Waals surface area (Å²) in [7, 11) is -1.91. The molecule has 1 heterocycles. The molecular weight excluding hydrogens is 721 g/mol. The molecule has 215 valence electrons. The van der Waals surface area contributed by atoms with Crippen LogP contribution in [-0.4, -0.2) is 31.1 Å². The SMILES string of the molecule is OO.OO.Oc1cccc2cccnc12.[O]=[W-].c1ccc([P+](c2ccccc2)(c2ccccc2)c2ccccc2)cc1. The number of para-hydroxylation sites is 1. The fourth-order valence-electron chi connectivity index (χ4n) is 4.59. The molecule has 0 aliphatic rings. The van der Waals surface area contributed by atoms with Crippen LogP contribution in [0, 0.1) is 0 Å². The van der Waals surface area contributed by atoms with Gasteiger partial charge in [0.1, 0.15) is 39.7 Å². The Balaban J connectivity index is 0.000000302. The minimum atomic E-state index is -1.91. The number of aromatic nitrogens is 1. The van der Waals surface area contributed by atoms with Gasteiger partial charge in [-0.15, -0.1) is 0 Å². The van der Waals surface area contributed by atoms with E-state index in [1.165, 1.54) is 21.2 Å². The number of pyridine rings is 1. The van der Waals surface area contributed by atoms with Crippen molar-refractivity contribution in [2.45, 2.75) is 0 Å². The number of phenols is 1. The molecule has 5 N–H and O–H groups in total. The van der Waals surface area contributed by atoms with Crippen molar-refractivity contribution >= 4 is 39.4 Å². The summed E-state index contributed by atoms with van der Waals surface area (Å²) >= 11 is 0.333. The summed E-state index contributed by atoms with van der Waals surface area (Å²) in [4.78, 5) is 4.03. The number of hydrogen-bond acceptors (Lipinski definition) is 7. The van der Waals surface area contributed by atoms with Crippen molar-refractivity contribution in [3.05, 3.63) is 158 Å². The summed E-state index contributed by atoms with van der Waals surface area (Å²) in [6.07, 6.45) is 1.67. The minimum absolute atomic E-state index is 0.239. The topological polar surface area (TPSA) is 131 Å². The summed E-state index contributed by atoms with van der Waals surface area (Å²) in [5, 5.41) is 39.8. The zero-order valence-electron chi connectivity index (χ0n) is 22.5. The van der Waals surface area contributed by atoms with Gasteiger partial charge in [0.05, 0.1) is 0 Å². The molecule has 0 unspecified atom stereocenters. The van der Waals surface area contributed by atoms with Gasteiger partial charge in [-0.2, -0.15) is 0 Å². The molecule has 0 saturated carbocycles.